The molecule has 14 heteroatoms. The fraction of sp³-hybridized carbons (Fsp3) is 1.00. The number of aliphatic hydroxyl groups excluding tert-OH is 9. The fourth-order valence-electron chi connectivity index (χ4n) is 3.14. The van der Waals surface area contributed by atoms with Crippen LogP contribution in [0.25, 0.3) is 0 Å². The van der Waals surface area contributed by atoms with Crippen molar-refractivity contribution in [3.63, 3.8) is 0 Å². The molecule has 0 bridgehead atoms. The number of hydrogen-bond acceptors (Lipinski definition) is 14. The van der Waals surface area contributed by atoms with Gasteiger partial charge in [0.1, 0.15) is 12.2 Å². The first kappa shape index (κ1) is 35.4. The third-order valence-electron chi connectivity index (χ3n) is 5.22. The van der Waals surface area contributed by atoms with Gasteiger partial charge < -0.3 is 64.9 Å². The zero-order valence-electron chi connectivity index (χ0n) is 20.9. The van der Waals surface area contributed by atoms with E-state index in [9.17, 15) is 30.6 Å². The Hall–Kier alpha value is -0.560. The van der Waals surface area contributed by atoms with Gasteiger partial charge in [0.15, 0.2) is 0 Å². The van der Waals surface area contributed by atoms with Crippen molar-refractivity contribution < 1.29 is 64.9 Å². The maximum absolute atomic E-state index is 10.3. The lowest BCUT2D eigenvalue weighted by Gasteiger charge is -2.32. The van der Waals surface area contributed by atoms with Gasteiger partial charge in [0, 0.05) is 32.8 Å². The number of rotatable bonds is 26. The third-order valence-corrected chi connectivity index (χ3v) is 5.22. The monoisotopic (exact) mass is 533 g/mol. The van der Waals surface area contributed by atoms with E-state index in [0.29, 0.717) is 33.0 Å². The van der Waals surface area contributed by atoms with Crippen LogP contribution in [0, 0.1) is 0 Å². The van der Waals surface area contributed by atoms with Gasteiger partial charge in [-0.25, -0.2) is 0 Å². The van der Waals surface area contributed by atoms with Crippen molar-refractivity contribution in [3.05, 3.63) is 0 Å². The van der Waals surface area contributed by atoms with Gasteiger partial charge in [0.25, 0.3) is 0 Å². The maximum atomic E-state index is 10.3. The largest absolute Gasteiger partial charge is 0.396 e. The second-order valence-corrected chi connectivity index (χ2v) is 8.21. The number of aliphatic hydroxyl groups is 9. The second-order valence-electron chi connectivity index (χ2n) is 8.21. The van der Waals surface area contributed by atoms with Crippen LogP contribution in [-0.4, -0.2) is 180 Å². The molecule has 0 aromatic rings. The van der Waals surface area contributed by atoms with Crippen molar-refractivity contribution in [2.75, 3.05) is 92.3 Å². The van der Waals surface area contributed by atoms with Gasteiger partial charge in [0.05, 0.1) is 83.9 Å². The molecule has 0 fully saturated rings. The first-order valence-corrected chi connectivity index (χ1v) is 12.2. The van der Waals surface area contributed by atoms with Crippen LogP contribution in [0.4, 0.5) is 0 Å². The van der Waals surface area contributed by atoms with E-state index in [-0.39, 0.29) is 72.1 Å². The van der Waals surface area contributed by atoms with Gasteiger partial charge in [0.2, 0.25) is 0 Å². The van der Waals surface area contributed by atoms with Crippen molar-refractivity contribution in [1.82, 2.24) is 4.90 Å². The average molecular weight is 534 g/mol. The Morgan fingerprint density at radius 2 is 0.806 bits per heavy atom. The van der Waals surface area contributed by atoms with E-state index in [0.717, 1.165) is 0 Å². The molecule has 0 aliphatic heterocycles. The molecule has 36 heavy (non-hydrogen) atoms. The van der Waals surface area contributed by atoms with Gasteiger partial charge in [-0.2, -0.15) is 0 Å². The molecule has 9 N–H and O–H groups in total. The van der Waals surface area contributed by atoms with Gasteiger partial charge in [-0.15, -0.1) is 0 Å². The van der Waals surface area contributed by atoms with Gasteiger partial charge >= 0.3 is 0 Å². The predicted molar refractivity (Wildman–Crippen MR) is 126 cm³/mol. The highest BCUT2D eigenvalue weighted by Crippen LogP contribution is 2.10. The molecule has 0 rings (SSSR count). The molecule has 6 atom stereocenters. The lowest BCUT2D eigenvalue weighted by atomic mass is 10.0. The van der Waals surface area contributed by atoms with E-state index in [1.54, 1.807) is 0 Å². The summed E-state index contributed by atoms with van der Waals surface area (Å²) in [6.07, 6.45) is -8.87. The second kappa shape index (κ2) is 23.5. The van der Waals surface area contributed by atoms with Crippen LogP contribution >= 0.6 is 0 Å². The molecule has 14 nitrogen and oxygen atoms in total. The zero-order chi connectivity index (χ0) is 27.2. The Morgan fingerprint density at radius 3 is 1.17 bits per heavy atom. The van der Waals surface area contributed by atoms with Crippen LogP contribution in [0.1, 0.15) is 12.8 Å². The summed E-state index contributed by atoms with van der Waals surface area (Å²) >= 11 is 0. The van der Waals surface area contributed by atoms with E-state index in [1.165, 1.54) is 4.90 Å². The normalized spacial score (nSPS) is 17.2. The topological polar surface area (TPSA) is 222 Å². The number of ether oxygens (including phenoxy) is 4. The highest BCUT2D eigenvalue weighted by atomic mass is 16.6. The minimum atomic E-state index is -1.54. The Labute approximate surface area is 212 Å². The Morgan fingerprint density at radius 1 is 0.444 bits per heavy atom. The lowest BCUT2D eigenvalue weighted by molar-refractivity contribution is -0.0945. The van der Waals surface area contributed by atoms with E-state index in [2.05, 4.69) is 0 Å². The van der Waals surface area contributed by atoms with Crippen LogP contribution in [0.5, 0.6) is 0 Å². The standard InChI is InChI=1S/C22H47NO13/c24-4-1-17(27)21(31)19(29)15-23(16-20(30)22(32)18(28)2-5-25)3-7-33-9-11-35-13-14-36-12-10-34-8-6-26/h17-22,24-32H,1-16H2. The average Bonchev–Trinajstić information content (AvgIpc) is 2.85. The van der Waals surface area contributed by atoms with Gasteiger partial charge in [-0.05, 0) is 12.8 Å². The molecule has 0 aromatic carbocycles. The van der Waals surface area contributed by atoms with Crippen LogP contribution in [-0.2, 0) is 18.9 Å². The van der Waals surface area contributed by atoms with Crippen molar-refractivity contribution >= 4 is 0 Å². The molecular formula is C22H47NO13. The number of nitrogens with zero attached hydrogens (tertiary/aromatic N) is 1. The van der Waals surface area contributed by atoms with Crippen LogP contribution in [0.3, 0.4) is 0 Å². The molecule has 0 aliphatic carbocycles. The molecule has 0 saturated heterocycles. The van der Waals surface area contributed by atoms with Crippen molar-refractivity contribution in [2.45, 2.75) is 49.5 Å². The van der Waals surface area contributed by atoms with E-state index >= 15 is 0 Å². The molecule has 6 unspecified atom stereocenters. The Kier molecular flexibility index (Phi) is 23.2. The Bertz CT molecular complexity index is 453. The quantitative estimate of drug-likeness (QED) is 0.0477. The van der Waals surface area contributed by atoms with Crippen molar-refractivity contribution in [3.8, 4) is 0 Å². The van der Waals surface area contributed by atoms with Gasteiger partial charge in [-0.3, -0.25) is 4.90 Å². The van der Waals surface area contributed by atoms with Crippen LogP contribution < -0.4 is 0 Å². The molecule has 0 radical (unpaired) electrons. The maximum Gasteiger partial charge on any atom is 0.107 e. The summed E-state index contributed by atoms with van der Waals surface area (Å²) in [6, 6.07) is 0. The molecule has 0 aromatic heterocycles. The van der Waals surface area contributed by atoms with Crippen molar-refractivity contribution in [1.29, 1.82) is 0 Å². The van der Waals surface area contributed by atoms with E-state index < -0.39 is 36.6 Å². The summed E-state index contributed by atoms with van der Waals surface area (Å²) in [5.41, 5.74) is 0. The zero-order valence-corrected chi connectivity index (χ0v) is 20.9. The fourth-order valence-corrected chi connectivity index (χ4v) is 3.14. The summed E-state index contributed by atoms with van der Waals surface area (Å²) in [7, 11) is 0. The summed E-state index contributed by atoms with van der Waals surface area (Å²) in [5, 5.41) is 86.7. The summed E-state index contributed by atoms with van der Waals surface area (Å²) < 4.78 is 21.2. The predicted octanol–water partition coefficient (Wildman–Crippen LogP) is -4.72. The molecule has 0 aliphatic rings. The van der Waals surface area contributed by atoms with E-state index in [4.69, 9.17) is 34.3 Å². The first-order chi connectivity index (χ1) is 17.3. The molecular weight excluding hydrogens is 486 g/mol. The first-order valence-electron chi connectivity index (χ1n) is 12.2. The Balaban J connectivity index is 4.42. The molecule has 0 saturated carbocycles. The summed E-state index contributed by atoms with van der Waals surface area (Å²) in [4.78, 5) is 1.49. The van der Waals surface area contributed by atoms with E-state index in [1.807, 2.05) is 0 Å². The van der Waals surface area contributed by atoms with Crippen LogP contribution in [0.15, 0.2) is 0 Å². The third kappa shape index (κ3) is 17.8. The molecule has 218 valence electrons. The van der Waals surface area contributed by atoms with Crippen LogP contribution in [0.2, 0.25) is 0 Å². The molecule has 0 spiro atoms. The van der Waals surface area contributed by atoms with Gasteiger partial charge in [-0.1, -0.05) is 0 Å². The lowest BCUT2D eigenvalue weighted by Crippen LogP contribution is -2.50. The number of hydrogen-bond donors (Lipinski definition) is 9. The summed E-state index contributed by atoms with van der Waals surface area (Å²) in [5.74, 6) is 0. The molecule has 0 amide bonds. The molecule has 0 heterocycles. The minimum absolute atomic E-state index is 0.0343. The highest BCUT2D eigenvalue weighted by molar-refractivity contribution is 4.82. The SMILES string of the molecule is OCCOCCOCCOCCOCCN(CC(O)C(O)C(O)CCO)CC(O)C(O)C(O)CCO. The van der Waals surface area contributed by atoms with Crippen molar-refractivity contribution in [2.24, 2.45) is 0 Å². The minimum Gasteiger partial charge on any atom is -0.396 e. The highest BCUT2D eigenvalue weighted by Gasteiger charge is 2.30. The smallest absolute Gasteiger partial charge is 0.107 e. The summed E-state index contributed by atoms with van der Waals surface area (Å²) in [6.45, 7) is 1.52.